The summed E-state index contributed by atoms with van der Waals surface area (Å²) in [7, 11) is 1.65. The fraction of sp³-hybridized carbons (Fsp3) is 0.176. The van der Waals surface area contributed by atoms with Crippen molar-refractivity contribution in [3.05, 3.63) is 59.0 Å². The van der Waals surface area contributed by atoms with Crippen LogP contribution in [-0.2, 0) is 13.2 Å². The average Bonchev–Trinajstić information content (AvgIpc) is 2.95. The van der Waals surface area contributed by atoms with E-state index in [4.69, 9.17) is 15.2 Å². The molecule has 0 aliphatic rings. The quantitative estimate of drug-likeness (QED) is 0.776. The van der Waals surface area contributed by atoms with E-state index in [-0.39, 0.29) is 0 Å². The Bertz CT molecular complexity index is 751. The van der Waals surface area contributed by atoms with Crippen LogP contribution in [0.25, 0.3) is 10.1 Å². The first kappa shape index (κ1) is 13.9. The minimum atomic E-state index is 0.560. The number of fused-ring (bicyclic) bond motifs is 1. The molecule has 0 saturated carbocycles. The molecule has 0 aliphatic heterocycles. The van der Waals surface area contributed by atoms with Crippen molar-refractivity contribution in [2.24, 2.45) is 5.73 Å². The van der Waals surface area contributed by atoms with E-state index in [1.165, 1.54) is 15.0 Å². The fourth-order valence-corrected chi connectivity index (χ4v) is 3.15. The minimum Gasteiger partial charge on any atom is -0.497 e. The lowest BCUT2D eigenvalue weighted by Crippen LogP contribution is -1.94. The summed E-state index contributed by atoms with van der Waals surface area (Å²) in [5.74, 6) is 1.62. The zero-order valence-electron chi connectivity index (χ0n) is 11.8. The maximum absolute atomic E-state index is 5.83. The minimum absolute atomic E-state index is 0.560. The van der Waals surface area contributed by atoms with Crippen LogP contribution in [0.1, 0.15) is 10.4 Å². The van der Waals surface area contributed by atoms with Gasteiger partial charge >= 0.3 is 0 Å². The van der Waals surface area contributed by atoms with Gasteiger partial charge in [-0.2, -0.15) is 0 Å². The summed E-state index contributed by atoms with van der Waals surface area (Å²) in [6.07, 6.45) is 0. The second kappa shape index (κ2) is 6.16. The second-order valence-corrected chi connectivity index (χ2v) is 5.93. The Kier molecular flexibility index (Phi) is 4.08. The molecule has 0 saturated heterocycles. The van der Waals surface area contributed by atoms with Gasteiger partial charge in [-0.05, 0) is 41.3 Å². The van der Waals surface area contributed by atoms with E-state index in [1.807, 2.05) is 24.3 Å². The van der Waals surface area contributed by atoms with E-state index in [0.717, 1.165) is 17.1 Å². The molecule has 0 bridgehead atoms. The molecule has 108 valence electrons. The molecule has 21 heavy (non-hydrogen) atoms. The van der Waals surface area contributed by atoms with Crippen LogP contribution < -0.4 is 15.2 Å². The van der Waals surface area contributed by atoms with Gasteiger partial charge in [-0.25, -0.2) is 0 Å². The molecule has 3 rings (SSSR count). The van der Waals surface area contributed by atoms with Crippen molar-refractivity contribution in [3.8, 4) is 11.5 Å². The Morgan fingerprint density at radius 2 is 1.90 bits per heavy atom. The number of hydrogen-bond acceptors (Lipinski definition) is 4. The molecular weight excluding hydrogens is 282 g/mol. The third-order valence-electron chi connectivity index (χ3n) is 3.29. The number of benzene rings is 2. The van der Waals surface area contributed by atoms with E-state index in [9.17, 15) is 0 Å². The second-order valence-electron chi connectivity index (χ2n) is 4.76. The number of rotatable bonds is 5. The van der Waals surface area contributed by atoms with Crippen LogP contribution in [0, 0.1) is 0 Å². The Morgan fingerprint density at radius 3 is 2.71 bits per heavy atom. The largest absolute Gasteiger partial charge is 0.497 e. The Balaban J connectivity index is 1.75. The van der Waals surface area contributed by atoms with Crippen molar-refractivity contribution >= 4 is 21.4 Å². The van der Waals surface area contributed by atoms with Crippen LogP contribution in [0.3, 0.4) is 0 Å². The third-order valence-corrected chi connectivity index (χ3v) is 4.38. The Morgan fingerprint density at radius 1 is 1.05 bits per heavy atom. The molecule has 0 atom stereocenters. The van der Waals surface area contributed by atoms with Crippen LogP contribution in [0.15, 0.2) is 48.5 Å². The van der Waals surface area contributed by atoms with Crippen LogP contribution in [0.2, 0.25) is 0 Å². The van der Waals surface area contributed by atoms with E-state index < -0.39 is 0 Å². The van der Waals surface area contributed by atoms with Crippen molar-refractivity contribution in [3.63, 3.8) is 0 Å². The first-order chi connectivity index (χ1) is 10.3. The van der Waals surface area contributed by atoms with E-state index in [1.54, 1.807) is 18.4 Å². The molecule has 0 spiro atoms. The van der Waals surface area contributed by atoms with Crippen molar-refractivity contribution in [1.82, 2.24) is 0 Å². The van der Waals surface area contributed by atoms with E-state index in [0.29, 0.717) is 13.2 Å². The number of nitrogens with two attached hydrogens (primary N) is 1. The normalized spacial score (nSPS) is 10.8. The van der Waals surface area contributed by atoms with Gasteiger partial charge in [-0.1, -0.05) is 12.1 Å². The summed E-state index contributed by atoms with van der Waals surface area (Å²) >= 11 is 1.75. The van der Waals surface area contributed by atoms with Gasteiger partial charge in [0, 0.05) is 22.2 Å². The summed E-state index contributed by atoms with van der Waals surface area (Å²) in [4.78, 5) is 1.20. The molecule has 4 heteroatoms. The zero-order valence-corrected chi connectivity index (χ0v) is 12.7. The molecule has 0 fully saturated rings. The number of hydrogen-bond donors (Lipinski definition) is 1. The molecule has 0 aliphatic carbocycles. The molecule has 1 heterocycles. The molecule has 0 amide bonds. The average molecular weight is 299 g/mol. The predicted molar refractivity (Wildman–Crippen MR) is 87.0 cm³/mol. The number of methoxy groups -OCH3 is 1. The fourth-order valence-electron chi connectivity index (χ4n) is 2.19. The van der Waals surface area contributed by atoms with Gasteiger partial charge in [0.15, 0.2) is 0 Å². The summed E-state index contributed by atoms with van der Waals surface area (Å²) in [6, 6.07) is 16.2. The topological polar surface area (TPSA) is 44.5 Å². The SMILES string of the molecule is COc1cccc(OCc2cc3cc(CN)ccc3s2)c1. The van der Waals surface area contributed by atoms with Crippen LogP contribution >= 0.6 is 11.3 Å². The van der Waals surface area contributed by atoms with E-state index >= 15 is 0 Å². The van der Waals surface area contributed by atoms with Gasteiger partial charge in [0.2, 0.25) is 0 Å². The van der Waals surface area contributed by atoms with Crippen molar-refractivity contribution in [2.75, 3.05) is 7.11 Å². The molecule has 2 aromatic carbocycles. The maximum Gasteiger partial charge on any atom is 0.123 e. The third kappa shape index (κ3) is 3.17. The van der Waals surface area contributed by atoms with Crippen molar-refractivity contribution in [1.29, 1.82) is 0 Å². The first-order valence-electron chi connectivity index (χ1n) is 6.77. The number of ether oxygens (including phenoxy) is 2. The monoisotopic (exact) mass is 299 g/mol. The molecule has 0 radical (unpaired) electrons. The molecule has 3 nitrogen and oxygen atoms in total. The van der Waals surface area contributed by atoms with Gasteiger partial charge in [-0.15, -0.1) is 11.3 Å². The highest BCUT2D eigenvalue weighted by molar-refractivity contribution is 7.19. The zero-order chi connectivity index (χ0) is 14.7. The Hall–Kier alpha value is -2.04. The lowest BCUT2D eigenvalue weighted by molar-refractivity contribution is 0.307. The lowest BCUT2D eigenvalue weighted by Gasteiger charge is -2.06. The molecule has 2 N–H and O–H groups in total. The summed E-state index contributed by atoms with van der Waals surface area (Å²) in [5.41, 5.74) is 6.83. The van der Waals surface area contributed by atoms with Crippen LogP contribution in [0.5, 0.6) is 11.5 Å². The molecule has 0 unspecified atom stereocenters. The molecular formula is C17H17NO2S. The van der Waals surface area contributed by atoms with Crippen LogP contribution in [0.4, 0.5) is 0 Å². The highest BCUT2D eigenvalue weighted by Gasteiger charge is 2.04. The van der Waals surface area contributed by atoms with Gasteiger partial charge in [-0.3, -0.25) is 0 Å². The Labute approximate surface area is 127 Å². The highest BCUT2D eigenvalue weighted by atomic mass is 32.1. The van der Waals surface area contributed by atoms with Gasteiger partial charge in [0.25, 0.3) is 0 Å². The summed E-state index contributed by atoms with van der Waals surface area (Å²) < 4.78 is 12.3. The van der Waals surface area contributed by atoms with Crippen LogP contribution in [-0.4, -0.2) is 7.11 Å². The highest BCUT2D eigenvalue weighted by Crippen LogP contribution is 2.28. The predicted octanol–water partition coefficient (Wildman–Crippen LogP) is 3.95. The maximum atomic E-state index is 5.83. The standard InChI is InChI=1S/C17H17NO2S/c1-19-14-3-2-4-15(9-14)20-11-16-8-13-7-12(10-18)5-6-17(13)21-16/h2-9H,10-11,18H2,1H3. The van der Waals surface area contributed by atoms with Crippen molar-refractivity contribution < 1.29 is 9.47 Å². The molecule has 1 aromatic heterocycles. The summed E-state index contributed by atoms with van der Waals surface area (Å²) in [6.45, 7) is 1.13. The van der Waals surface area contributed by atoms with E-state index in [2.05, 4.69) is 24.3 Å². The summed E-state index contributed by atoms with van der Waals surface area (Å²) in [5, 5.41) is 1.23. The molecule has 3 aromatic rings. The van der Waals surface area contributed by atoms with Gasteiger partial charge in [0.05, 0.1) is 7.11 Å². The van der Waals surface area contributed by atoms with Crippen molar-refractivity contribution in [2.45, 2.75) is 13.2 Å². The lowest BCUT2D eigenvalue weighted by atomic mass is 10.1. The first-order valence-corrected chi connectivity index (χ1v) is 7.58. The van der Waals surface area contributed by atoms with Gasteiger partial charge < -0.3 is 15.2 Å². The van der Waals surface area contributed by atoms with Gasteiger partial charge in [0.1, 0.15) is 18.1 Å². The smallest absolute Gasteiger partial charge is 0.123 e. The number of thiophene rings is 1.